The van der Waals surface area contributed by atoms with Crippen LogP contribution in [0.1, 0.15) is 60.8 Å². The predicted octanol–water partition coefficient (Wildman–Crippen LogP) is 6.47. The molecule has 0 aliphatic heterocycles. The zero-order valence-corrected chi connectivity index (χ0v) is 14.2. The van der Waals surface area contributed by atoms with Crippen LogP contribution in [-0.2, 0) is 0 Å². The molecular weight excluding hydrogens is 240 g/mol. The minimum absolute atomic E-state index is 0.428. The van der Waals surface area contributed by atoms with Crippen molar-refractivity contribution in [2.75, 3.05) is 0 Å². The van der Waals surface area contributed by atoms with Gasteiger partial charge in [-0.05, 0) is 55.1 Å². The van der Waals surface area contributed by atoms with Crippen LogP contribution in [0, 0.1) is 17.3 Å². The lowest BCUT2D eigenvalue weighted by atomic mass is 9.71. The number of rotatable bonds is 6. The minimum atomic E-state index is 0.428. The summed E-state index contributed by atoms with van der Waals surface area (Å²) in [5.41, 5.74) is 3.40. The van der Waals surface area contributed by atoms with Gasteiger partial charge in [-0.15, -0.1) is 0 Å². The maximum absolute atomic E-state index is 2.55. The van der Waals surface area contributed by atoms with Crippen molar-refractivity contribution in [3.63, 3.8) is 0 Å². The molecule has 20 heavy (non-hydrogen) atoms. The molecule has 1 aliphatic rings. The molecule has 112 valence electrons. The molecule has 0 saturated heterocycles. The summed E-state index contributed by atoms with van der Waals surface area (Å²) < 4.78 is 0. The van der Waals surface area contributed by atoms with Crippen LogP contribution in [-0.4, -0.2) is 0 Å². The van der Waals surface area contributed by atoms with Crippen LogP contribution in [0.3, 0.4) is 0 Å². The molecule has 0 aromatic carbocycles. The van der Waals surface area contributed by atoms with E-state index in [0.29, 0.717) is 5.41 Å². The van der Waals surface area contributed by atoms with E-state index in [4.69, 9.17) is 0 Å². The Kier molecular flexibility index (Phi) is 6.52. The summed E-state index contributed by atoms with van der Waals surface area (Å²) in [6.45, 7) is 13.9. The third-order valence-corrected chi connectivity index (χ3v) is 4.60. The van der Waals surface area contributed by atoms with Crippen LogP contribution in [0.25, 0.3) is 0 Å². The molecule has 0 aromatic rings. The second-order valence-electron chi connectivity index (χ2n) is 6.90. The van der Waals surface area contributed by atoms with E-state index in [1.165, 1.54) is 24.8 Å². The van der Waals surface area contributed by atoms with Crippen molar-refractivity contribution in [1.29, 1.82) is 0 Å². The van der Waals surface area contributed by atoms with Gasteiger partial charge in [-0.2, -0.15) is 0 Å². The fourth-order valence-corrected chi connectivity index (χ4v) is 3.50. The van der Waals surface area contributed by atoms with Crippen molar-refractivity contribution in [3.05, 3.63) is 47.6 Å². The molecule has 0 saturated carbocycles. The predicted molar refractivity (Wildman–Crippen MR) is 91.8 cm³/mol. The van der Waals surface area contributed by atoms with E-state index in [9.17, 15) is 0 Å². The lowest BCUT2D eigenvalue weighted by Gasteiger charge is -2.33. The molecular formula is C20H32. The van der Waals surface area contributed by atoms with E-state index in [0.717, 1.165) is 11.8 Å². The highest BCUT2D eigenvalue weighted by Crippen LogP contribution is 2.45. The minimum Gasteiger partial charge on any atom is -0.0877 e. The molecule has 0 amide bonds. The molecule has 0 aromatic heterocycles. The number of allylic oxidation sites excluding steroid dienone is 8. The van der Waals surface area contributed by atoms with Crippen molar-refractivity contribution in [2.24, 2.45) is 17.3 Å². The van der Waals surface area contributed by atoms with E-state index in [2.05, 4.69) is 71.1 Å². The summed E-state index contributed by atoms with van der Waals surface area (Å²) >= 11 is 0. The van der Waals surface area contributed by atoms with Gasteiger partial charge in [0.15, 0.2) is 0 Å². The Morgan fingerprint density at radius 1 is 1.30 bits per heavy atom. The first-order chi connectivity index (χ1) is 9.42. The zero-order chi connectivity index (χ0) is 15.2. The summed E-state index contributed by atoms with van der Waals surface area (Å²) in [5, 5.41) is 0. The average molecular weight is 272 g/mol. The summed E-state index contributed by atoms with van der Waals surface area (Å²) in [5.74, 6) is 1.50. The monoisotopic (exact) mass is 272 g/mol. The van der Waals surface area contributed by atoms with Crippen LogP contribution in [0.4, 0.5) is 0 Å². The number of hydrogen-bond donors (Lipinski definition) is 0. The van der Waals surface area contributed by atoms with Crippen LogP contribution in [0.15, 0.2) is 47.6 Å². The van der Waals surface area contributed by atoms with Crippen LogP contribution in [0.2, 0.25) is 0 Å². The summed E-state index contributed by atoms with van der Waals surface area (Å²) in [6.07, 6.45) is 17.0. The maximum atomic E-state index is 2.55. The molecule has 2 unspecified atom stereocenters. The SMILES string of the molecule is C/C=C/C=C\C=C(/C)C1=CC(C(C)(C)CCC)C(C)C1. The van der Waals surface area contributed by atoms with Crippen LogP contribution >= 0.6 is 0 Å². The maximum Gasteiger partial charge on any atom is -0.0147 e. The standard InChI is InChI=1S/C20H32/c1-7-9-10-11-12-16(3)18-14-17(4)19(15-18)20(5,6)13-8-2/h7,9-12,15,17,19H,8,13-14H2,1-6H3/b9-7+,11-10-,16-12+. The van der Waals surface area contributed by atoms with Gasteiger partial charge in [0, 0.05) is 0 Å². The van der Waals surface area contributed by atoms with Gasteiger partial charge in [-0.1, -0.05) is 70.6 Å². The van der Waals surface area contributed by atoms with Crippen LogP contribution in [0.5, 0.6) is 0 Å². The van der Waals surface area contributed by atoms with Gasteiger partial charge >= 0.3 is 0 Å². The molecule has 0 nitrogen and oxygen atoms in total. The first-order valence-electron chi connectivity index (χ1n) is 8.09. The van der Waals surface area contributed by atoms with Crippen molar-refractivity contribution in [1.82, 2.24) is 0 Å². The molecule has 0 bridgehead atoms. The van der Waals surface area contributed by atoms with E-state index in [1.54, 1.807) is 5.57 Å². The molecule has 0 spiro atoms. The van der Waals surface area contributed by atoms with Crippen molar-refractivity contribution in [3.8, 4) is 0 Å². The largest absolute Gasteiger partial charge is 0.0877 e. The van der Waals surface area contributed by atoms with Gasteiger partial charge in [0.1, 0.15) is 0 Å². The third kappa shape index (κ3) is 4.51. The molecule has 0 fully saturated rings. The normalized spacial score (nSPS) is 24.9. The van der Waals surface area contributed by atoms with E-state index in [-0.39, 0.29) is 0 Å². The van der Waals surface area contributed by atoms with Gasteiger partial charge in [0.05, 0.1) is 0 Å². The highest BCUT2D eigenvalue weighted by molar-refractivity contribution is 5.36. The highest BCUT2D eigenvalue weighted by atomic mass is 14.4. The summed E-state index contributed by atoms with van der Waals surface area (Å²) in [4.78, 5) is 0. The highest BCUT2D eigenvalue weighted by Gasteiger charge is 2.35. The second-order valence-corrected chi connectivity index (χ2v) is 6.90. The van der Waals surface area contributed by atoms with Gasteiger partial charge < -0.3 is 0 Å². The molecule has 2 atom stereocenters. The van der Waals surface area contributed by atoms with Gasteiger partial charge in [0.25, 0.3) is 0 Å². The van der Waals surface area contributed by atoms with Crippen molar-refractivity contribution in [2.45, 2.75) is 60.8 Å². The lowest BCUT2D eigenvalue weighted by molar-refractivity contribution is 0.189. The molecule has 0 radical (unpaired) electrons. The van der Waals surface area contributed by atoms with Gasteiger partial charge in [-0.3, -0.25) is 0 Å². The molecule has 0 heteroatoms. The average Bonchev–Trinajstić information content (AvgIpc) is 2.77. The van der Waals surface area contributed by atoms with E-state index < -0.39 is 0 Å². The molecule has 1 rings (SSSR count). The van der Waals surface area contributed by atoms with Gasteiger partial charge in [0.2, 0.25) is 0 Å². The first kappa shape index (κ1) is 17.0. The fraction of sp³-hybridized carbons (Fsp3) is 0.600. The number of hydrogen-bond acceptors (Lipinski definition) is 0. The third-order valence-electron chi connectivity index (χ3n) is 4.60. The fourth-order valence-electron chi connectivity index (χ4n) is 3.50. The quantitative estimate of drug-likeness (QED) is 0.486. The Hall–Kier alpha value is -1.04. The Balaban J connectivity index is 2.83. The smallest absolute Gasteiger partial charge is 0.0147 e. The van der Waals surface area contributed by atoms with Crippen molar-refractivity contribution >= 4 is 0 Å². The first-order valence-corrected chi connectivity index (χ1v) is 8.09. The second kappa shape index (κ2) is 7.67. The van der Waals surface area contributed by atoms with Crippen molar-refractivity contribution < 1.29 is 0 Å². The Bertz CT molecular complexity index is 415. The van der Waals surface area contributed by atoms with E-state index >= 15 is 0 Å². The Morgan fingerprint density at radius 2 is 2.00 bits per heavy atom. The lowest BCUT2D eigenvalue weighted by Crippen LogP contribution is -2.25. The summed E-state index contributed by atoms with van der Waals surface area (Å²) in [6, 6.07) is 0. The van der Waals surface area contributed by atoms with E-state index in [1.807, 2.05) is 6.92 Å². The molecule has 1 aliphatic carbocycles. The Labute approximate surface area is 126 Å². The molecule has 0 N–H and O–H groups in total. The summed E-state index contributed by atoms with van der Waals surface area (Å²) in [7, 11) is 0. The molecule has 0 heterocycles. The Morgan fingerprint density at radius 3 is 2.60 bits per heavy atom. The van der Waals surface area contributed by atoms with Gasteiger partial charge in [-0.25, -0.2) is 0 Å². The van der Waals surface area contributed by atoms with Crippen LogP contribution < -0.4 is 0 Å². The zero-order valence-electron chi connectivity index (χ0n) is 14.2. The topological polar surface area (TPSA) is 0 Å².